The predicted octanol–water partition coefficient (Wildman–Crippen LogP) is 3.22. The maximum atomic E-state index is 12.4. The highest BCUT2D eigenvalue weighted by Gasteiger charge is 2.23. The van der Waals surface area contributed by atoms with E-state index in [1.807, 2.05) is 43.3 Å². The lowest BCUT2D eigenvalue weighted by Crippen LogP contribution is -2.32. The summed E-state index contributed by atoms with van der Waals surface area (Å²) in [5.74, 6) is 1.48. The van der Waals surface area contributed by atoms with Crippen molar-refractivity contribution < 1.29 is 4.79 Å². The van der Waals surface area contributed by atoms with Crippen LogP contribution >= 0.6 is 0 Å². The second-order valence-electron chi connectivity index (χ2n) is 6.48. The van der Waals surface area contributed by atoms with E-state index >= 15 is 0 Å². The van der Waals surface area contributed by atoms with Crippen molar-refractivity contribution in [1.82, 2.24) is 20.5 Å². The lowest BCUT2D eigenvalue weighted by Gasteiger charge is -2.25. The monoisotopic (exact) mass is 350 g/mol. The predicted molar refractivity (Wildman–Crippen MR) is 102 cm³/mol. The van der Waals surface area contributed by atoms with E-state index in [0.717, 1.165) is 47.5 Å². The number of pyridine rings is 1. The summed E-state index contributed by atoms with van der Waals surface area (Å²) in [4.78, 5) is 19.2. The van der Waals surface area contributed by atoms with Crippen LogP contribution in [0.1, 0.15) is 31.1 Å². The van der Waals surface area contributed by atoms with Crippen LogP contribution in [0.15, 0.2) is 36.4 Å². The Morgan fingerprint density at radius 1 is 1.35 bits per heavy atom. The fourth-order valence-electron chi connectivity index (χ4n) is 3.41. The molecule has 3 aromatic rings. The van der Waals surface area contributed by atoms with Gasteiger partial charge in [0.2, 0.25) is 0 Å². The Labute approximate surface area is 151 Å². The van der Waals surface area contributed by atoms with Crippen molar-refractivity contribution in [3.8, 4) is 0 Å². The van der Waals surface area contributed by atoms with Crippen molar-refractivity contribution in [3.63, 3.8) is 0 Å². The minimum Gasteiger partial charge on any atom is -0.354 e. The van der Waals surface area contributed by atoms with Crippen LogP contribution in [0.25, 0.3) is 10.9 Å². The van der Waals surface area contributed by atoms with Gasteiger partial charge in [-0.2, -0.15) is 5.10 Å². The molecule has 1 aliphatic heterocycles. The van der Waals surface area contributed by atoms with E-state index in [2.05, 4.69) is 37.6 Å². The number of anilines is 2. The molecule has 0 saturated heterocycles. The van der Waals surface area contributed by atoms with Gasteiger partial charge in [0.05, 0.1) is 22.6 Å². The number of benzene rings is 1. The lowest BCUT2D eigenvalue weighted by atomic mass is 10.1. The van der Waals surface area contributed by atoms with Gasteiger partial charge in [0.25, 0.3) is 0 Å². The Hall–Kier alpha value is -3.09. The molecule has 2 aromatic heterocycles. The van der Waals surface area contributed by atoms with E-state index in [0.29, 0.717) is 5.82 Å². The third-order valence-corrected chi connectivity index (χ3v) is 4.79. The second-order valence-corrected chi connectivity index (χ2v) is 6.48. The Morgan fingerprint density at radius 2 is 2.15 bits per heavy atom. The second kappa shape index (κ2) is 6.67. The van der Waals surface area contributed by atoms with Crippen molar-refractivity contribution in [1.29, 1.82) is 0 Å². The van der Waals surface area contributed by atoms with Gasteiger partial charge < -0.3 is 10.2 Å². The summed E-state index contributed by atoms with van der Waals surface area (Å²) in [5.41, 5.74) is 2.93. The summed E-state index contributed by atoms with van der Waals surface area (Å²) in [6.07, 6.45) is 0.842. The number of carbonyl (C=O) groups is 1. The SMILES string of the molecule is CCN1CCc2nc(NC(=O)NC(C)c3ccccc3)cc3[nH]nc1c23. The molecule has 7 nitrogen and oxygen atoms in total. The minimum atomic E-state index is -0.272. The zero-order valence-electron chi connectivity index (χ0n) is 14.9. The summed E-state index contributed by atoms with van der Waals surface area (Å²) in [6.45, 7) is 5.87. The molecule has 1 aliphatic rings. The van der Waals surface area contributed by atoms with Crippen molar-refractivity contribution >= 4 is 28.6 Å². The van der Waals surface area contributed by atoms with Gasteiger partial charge in [-0.25, -0.2) is 9.78 Å². The fourth-order valence-corrected chi connectivity index (χ4v) is 3.41. The average Bonchev–Trinajstić information content (AvgIpc) is 3.08. The normalized spacial score (nSPS) is 14.3. The molecule has 26 heavy (non-hydrogen) atoms. The first kappa shape index (κ1) is 16.4. The van der Waals surface area contributed by atoms with E-state index in [1.165, 1.54) is 0 Å². The molecule has 1 unspecified atom stereocenters. The van der Waals surface area contributed by atoms with Gasteiger partial charge in [0, 0.05) is 25.6 Å². The third kappa shape index (κ3) is 2.96. The first-order valence-corrected chi connectivity index (χ1v) is 8.91. The van der Waals surface area contributed by atoms with Crippen LogP contribution in [0, 0.1) is 0 Å². The van der Waals surface area contributed by atoms with E-state index in [4.69, 9.17) is 0 Å². The largest absolute Gasteiger partial charge is 0.354 e. The third-order valence-electron chi connectivity index (χ3n) is 4.79. The molecular weight excluding hydrogens is 328 g/mol. The number of nitrogens with zero attached hydrogens (tertiary/aromatic N) is 3. The number of likely N-dealkylation sites (N-methyl/N-ethyl adjacent to an activating group) is 1. The summed E-state index contributed by atoms with van der Waals surface area (Å²) in [7, 11) is 0. The highest BCUT2D eigenvalue weighted by Crippen LogP contribution is 2.32. The quantitative estimate of drug-likeness (QED) is 0.674. The van der Waals surface area contributed by atoms with Gasteiger partial charge in [0.15, 0.2) is 5.82 Å². The number of amides is 2. The van der Waals surface area contributed by atoms with Gasteiger partial charge in [-0.3, -0.25) is 10.4 Å². The minimum absolute atomic E-state index is 0.0878. The van der Waals surface area contributed by atoms with Gasteiger partial charge in [-0.05, 0) is 19.4 Å². The van der Waals surface area contributed by atoms with Crippen molar-refractivity contribution in [2.45, 2.75) is 26.3 Å². The van der Waals surface area contributed by atoms with Crippen LogP contribution in [0.3, 0.4) is 0 Å². The highest BCUT2D eigenvalue weighted by molar-refractivity contribution is 5.97. The lowest BCUT2D eigenvalue weighted by molar-refractivity contribution is 0.249. The number of rotatable bonds is 4. The van der Waals surface area contributed by atoms with Crippen LogP contribution in [-0.2, 0) is 6.42 Å². The van der Waals surface area contributed by atoms with E-state index in [9.17, 15) is 4.79 Å². The average molecular weight is 350 g/mol. The Bertz CT molecular complexity index is 936. The zero-order chi connectivity index (χ0) is 18.1. The van der Waals surface area contributed by atoms with Crippen molar-refractivity contribution in [2.75, 3.05) is 23.3 Å². The molecule has 0 bridgehead atoms. The topological polar surface area (TPSA) is 85.9 Å². The van der Waals surface area contributed by atoms with Crippen molar-refractivity contribution in [3.05, 3.63) is 47.7 Å². The summed E-state index contributed by atoms with van der Waals surface area (Å²) in [6, 6.07) is 11.3. The number of aromatic amines is 1. The summed E-state index contributed by atoms with van der Waals surface area (Å²) >= 11 is 0. The van der Waals surface area contributed by atoms with Crippen LogP contribution in [0.5, 0.6) is 0 Å². The maximum Gasteiger partial charge on any atom is 0.320 e. The van der Waals surface area contributed by atoms with Gasteiger partial charge in [-0.15, -0.1) is 0 Å². The number of aromatic nitrogens is 3. The van der Waals surface area contributed by atoms with Gasteiger partial charge in [0.1, 0.15) is 5.82 Å². The standard InChI is InChI=1S/C19H22N6O/c1-3-25-10-9-14-17-15(23-24-18(17)25)11-16(21-14)22-19(26)20-12(2)13-7-5-4-6-8-13/h4-8,11-12H,3,9-10H2,1-2H3,(H,23,24)(H2,20,21,22,26). The molecule has 1 aromatic carbocycles. The van der Waals surface area contributed by atoms with E-state index in [1.54, 1.807) is 0 Å². The molecular formula is C19H22N6O. The molecule has 2 amide bonds. The molecule has 1 atom stereocenters. The highest BCUT2D eigenvalue weighted by atomic mass is 16.2. The van der Waals surface area contributed by atoms with Crippen LogP contribution in [0.4, 0.5) is 16.4 Å². The number of hydrogen-bond donors (Lipinski definition) is 3. The number of carbonyl (C=O) groups excluding carboxylic acids is 1. The molecule has 7 heteroatoms. The van der Waals surface area contributed by atoms with Crippen LogP contribution < -0.4 is 15.5 Å². The van der Waals surface area contributed by atoms with Crippen LogP contribution in [0.2, 0.25) is 0 Å². The zero-order valence-corrected chi connectivity index (χ0v) is 14.9. The van der Waals surface area contributed by atoms with Gasteiger partial charge in [-0.1, -0.05) is 30.3 Å². The molecule has 134 valence electrons. The van der Waals surface area contributed by atoms with E-state index < -0.39 is 0 Å². The molecule has 0 radical (unpaired) electrons. The molecule has 3 heterocycles. The summed E-state index contributed by atoms with van der Waals surface area (Å²) in [5, 5.41) is 14.3. The number of urea groups is 1. The van der Waals surface area contributed by atoms with Gasteiger partial charge >= 0.3 is 6.03 Å². The number of H-pyrrole nitrogens is 1. The summed E-state index contributed by atoms with van der Waals surface area (Å²) < 4.78 is 0. The molecule has 4 rings (SSSR count). The number of nitrogens with one attached hydrogen (secondary N) is 3. The van der Waals surface area contributed by atoms with Crippen molar-refractivity contribution in [2.24, 2.45) is 0 Å². The first-order valence-electron chi connectivity index (χ1n) is 8.91. The first-order chi connectivity index (χ1) is 12.7. The van der Waals surface area contributed by atoms with Crippen LogP contribution in [-0.4, -0.2) is 34.3 Å². The molecule has 0 aliphatic carbocycles. The molecule has 3 N–H and O–H groups in total. The molecule has 0 saturated carbocycles. The molecule has 0 spiro atoms. The smallest absolute Gasteiger partial charge is 0.320 e. The Kier molecular flexibility index (Phi) is 4.20. The maximum absolute atomic E-state index is 12.4. The molecule has 0 fully saturated rings. The Balaban J connectivity index is 1.52. The van der Waals surface area contributed by atoms with E-state index in [-0.39, 0.29) is 12.1 Å². The Morgan fingerprint density at radius 3 is 2.92 bits per heavy atom. The number of hydrogen-bond acceptors (Lipinski definition) is 4. The fraction of sp³-hybridized carbons (Fsp3) is 0.316.